The number of thioether (sulfide) groups is 1. The number of methoxy groups -OCH3 is 1. The average Bonchev–Trinajstić information content (AvgIpc) is 2.97. The zero-order chi connectivity index (χ0) is 17.7. The Morgan fingerprint density at radius 3 is 1.88 bits per heavy atom. The molecule has 2 aliphatic heterocycles. The molecule has 1 aromatic rings. The first-order valence-corrected chi connectivity index (χ1v) is 8.45. The van der Waals surface area contributed by atoms with Crippen LogP contribution in [0.2, 0.25) is 0 Å². The number of aliphatic hydroxyl groups is 1. The summed E-state index contributed by atoms with van der Waals surface area (Å²) < 4.78 is 28.1. The summed E-state index contributed by atoms with van der Waals surface area (Å²) in [5.74, 6) is -0.359. The Balaban J connectivity index is 2.12. The second-order valence-corrected chi connectivity index (χ2v) is 7.34. The van der Waals surface area contributed by atoms with E-state index in [0.29, 0.717) is 33.5 Å². The van der Waals surface area contributed by atoms with Crippen molar-refractivity contribution in [1.29, 1.82) is 0 Å². The number of carbonyl (C=O) groups is 1. The lowest BCUT2D eigenvalue weighted by Gasteiger charge is -2.18. The second-order valence-electron chi connectivity index (χ2n) is 6.36. The van der Waals surface area contributed by atoms with E-state index in [1.54, 1.807) is 27.7 Å². The molecule has 1 aromatic carbocycles. The van der Waals surface area contributed by atoms with Crippen LogP contribution in [0.3, 0.4) is 0 Å². The molecule has 24 heavy (non-hydrogen) atoms. The standard InChI is InChI=1S/C16H20O7S/c1-15(2)20-10-8(6-17)11-13(23-16(3,4)21-11)14(12(10)22-15)24-7-9(18)19-5/h17H,6-7H2,1-5H3. The molecule has 0 aromatic heterocycles. The van der Waals surface area contributed by atoms with Gasteiger partial charge < -0.3 is 28.8 Å². The van der Waals surface area contributed by atoms with E-state index < -0.39 is 11.6 Å². The van der Waals surface area contributed by atoms with E-state index in [4.69, 9.17) is 23.7 Å². The largest absolute Gasteiger partial charge is 0.468 e. The Hall–Kier alpha value is -1.80. The van der Waals surface area contributed by atoms with E-state index >= 15 is 0 Å². The van der Waals surface area contributed by atoms with Gasteiger partial charge in [-0.05, 0) is 0 Å². The van der Waals surface area contributed by atoms with Gasteiger partial charge in [0.1, 0.15) is 4.90 Å². The zero-order valence-electron chi connectivity index (χ0n) is 14.2. The monoisotopic (exact) mass is 356 g/mol. The maximum Gasteiger partial charge on any atom is 0.315 e. The van der Waals surface area contributed by atoms with Gasteiger partial charge >= 0.3 is 5.97 Å². The molecule has 0 aliphatic carbocycles. The summed E-state index contributed by atoms with van der Waals surface area (Å²) in [5, 5.41) is 9.80. The Kier molecular flexibility index (Phi) is 4.00. The summed E-state index contributed by atoms with van der Waals surface area (Å²) in [4.78, 5) is 12.1. The van der Waals surface area contributed by atoms with Crippen molar-refractivity contribution < 1.29 is 33.6 Å². The number of carbonyl (C=O) groups excluding carboxylic acids is 1. The topological polar surface area (TPSA) is 83.5 Å². The molecule has 0 unspecified atom stereocenters. The van der Waals surface area contributed by atoms with Gasteiger partial charge in [0, 0.05) is 27.7 Å². The van der Waals surface area contributed by atoms with Crippen molar-refractivity contribution in [1.82, 2.24) is 0 Å². The first-order chi connectivity index (χ1) is 11.2. The number of aliphatic hydroxyl groups excluding tert-OH is 1. The molecule has 3 rings (SSSR count). The van der Waals surface area contributed by atoms with Crippen molar-refractivity contribution in [2.24, 2.45) is 0 Å². The number of rotatable bonds is 4. The van der Waals surface area contributed by atoms with Gasteiger partial charge in [0.2, 0.25) is 11.6 Å². The summed E-state index contributed by atoms with van der Waals surface area (Å²) in [6.45, 7) is 6.77. The van der Waals surface area contributed by atoms with E-state index in [-0.39, 0.29) is 18.3 Å². The molecule has 7 nitrogen and oxygen atoms in total. The molecule has 2 heterocycles. The first-order valence-electron chi connectivity index (χ1n) is 7.47. The minimum Gasteiger partial charge on any atom is -0.468 e. The van der Waals surface area contributed by atoms with E-state index in [1.807, 2.05) is 0 Å². The van der Waals surface area contributed by atoms with E-state index in [2.05, 4.69) is 0 Å². The molecule has 0 radical (unpaired) electrons. The molecule has 0 saturated heterocycles. The van der Waals surface area contributed by atoms with Crippen molar-refractivity contribution in [3.05, 3.63) is 5.56 Å². The fraction of sp³-hybridized carbons (Fsp3) is 0.562. The van der Waals surface area contributed by atoms with Crippen molar-refractivity contribution in [2.75, 3.05) is 12.9 Å². The smallest absolute Gasteiger partial charge is 0.315 e. The summed E-state index contributed by atoms with van der Waals surface area (Å²) in [6, 6.07) is 0. The second kappa shape index (κ2) is 5.63. The molecule has 0 atom stereocenters. The highest BCUT2D eigenvalue weighted by molar-refractivity contribution is 8.00. The molecule has 8 heteroatoms. The minimum atomic E-state index is -0.891. The molecule has 0 spiro atoms. The SMILES string of the molecule is COC(=O)CSc1c2c(c(CO)c3c1OC(C)(C)O3)OC(C)(C)O2. The summed E-state index contributed by atoms with van der Waals surface area (Å²) in [7, 11) is 1.33. The molecule has 0 amide bonds. The average molecular weight is 356 g/mol. The van der Waals surface area contributed by atoms with Crippen LogP contribution in [-0.2, 0) is 16.1 Å². The van der Waals surface area contributed by atoms with Crippen molar-refractivity contribution >= 4 is 17.7 Å². The van der Waals surface area contributed by atoms with Gasteiger partial charge in [-0.25, -0.2) is 0 Å². The van der Waals surface area contributed by atoms with Crippen LogP contribution in [0.15, 0.2) is 4.90 Å². The van der Waals surface area contributed by atoms with E-state index in [0.717, 1.165) is 0 Å². The Labute approximate surface area is 144 Å². The van der Waals surface area contributed by atoms with Crippen molar-refractivity contribution in [2.45, 2.75) is 50.8 Å². The third-order valence-corrected chi connectivity index (χ3v) is 4.52. The molecule has 2 aliphatic rings. The number of fused-ring (bicyclic) bond motifs is 2. The predicted octanol–water partition coefficient (Wildman–Crippen LogP) is 2.46. The van der Waals surface area contributed by atoms with Crippen LogP contribution >= 0.6 is 11.8 Å². The van der Waals surface area contributed by atoms with Gasteiger partial charge in [0.15, 0.2) is 23.0 Å². The highest BCUT2D eigenvalue weighted by atomic mass is 32.2. The maximum absolute atomic E-state index is 11.5. The predicted molar refractivity (Wildman–Crippen MR) is 85.8 cm³/mol. The lowest BCUT2D eigenvalue weighted by atomic mass is 10.1. The van der Waals surface area contributed by atoms with Crippen molar-refractivity contribution in [3.8, 4) is 23.0 Å². The van der Waals surface area contributed by atoms with Gasteiger partial charge in [0.25, 0.3) is 0 Å². The normalized spacial score (nSPS) is 18.6. The van der Waals surface area contributed by atoms with Gasteiger partial charge in [0.05, 0.1) is 25.0 Å². The highest BCUT2D eigenvalue weighted by Gasteiger charge is 2.45. The molecule has 0 bridgehead atoms. The number of ether oxygens (including phenoxy) is 5. The fourth-order valence-electron chi connectivity index (χ4n) is 2.58. The van der Waals surface area contributed by atoms with E-state index in [1.165, 1.54) is 18.9 Å². The molecule has 132 valence electrons. The Morgan fingerprint density at radius 1 is 1.00 bits per heavy atom. The number of esters is 1. The van der Waals surface area contributed by atoms with Gasteiger partial charge in [-0.1, -0.05) is 0 Å². The van der Waals surface area contributed by atoms with Gasteiger partial charge in [-0.15, -0.1) is 11.8 Å². The number of hydrogen-bond donors (Lipinski definition) is 1. The van der Waals surface area contributed by atoms with Gasteiger partial charge in [-0.2, -0.15) is 0 Å². The van der Waals surface area contributed by atoms with E-state index in [9.17, 15) is 9.90 Å². The quantitative estimate of drug-likeness (QED) is 0.651. The van der Waals surface area contributed by atoms with Crippen LogP contribution in [0.5, 0.6) is 23.0 Å². The molecular weight excluding hydrogens is 336 g/mol. The third-order valence-electron chi connectivity index (χ3n) is 3.48. The van der Waals surface area contributed by atoms with Crippen LogP contribution in [0, 0.1) is 0 Å². The van der Waals surface area contributed by atoms with Crippen LogP contribution in [0.4, 0.5) is 0 Å². The Morgan fingerprint density at radius 2 is 1.46 bits per heavy atom. The zero-order valence-corrected chi connectivity index (χ0v) is 15.0. The number of benzene rings is 1. The molecule has 0 saturated carbocycles. The highest BCUT2D eigenvalue weighted by Crippen LogP contribution is 2.60. The molecular formula is C16H20O7S. The number of hydrogen-bond acceptors (Lipinski definition) is 8. The summed E-state index contributed by atoms with van der Waals surface area (Å²) >= 11 is 1.22. The minimum absolute atomic E-state index is 0.0848. The third kappa shape index (κ3) is 2.84. The van der Waals surface area contributed by atoms with Gasteiger partial charge in [-0.3, -0.25) is 4.79 Å². The van der Waals surface area contributed by atoms with Crippen LogP contribution in [0.1, 0.15) is 33.3 Å². The maximum atomic E-state index is 11.5. The lowest BCUT2D eigenvalue weighted by molar-refractivity contribution is -0.137. The summed E-state index contributed by atoms with van der Waals surface area (Å²) in [6.07, 6.45) is 0. The molecule has 0 fully saturated rings. The van der Waals surface area contributed by atoms with Crippen molar-refractivity contribution in [3.63, 3.8) is 0 Å². The van der Waals surface area contributed by atoms with Crippen LogP contribution in [-0.4, -0.2) is 35.5 Å². The first kappa shape index (κ1) is 17.0. The molecule has 1 N–H and O–H groups in total. The van der Waals surface area contributed by atoms with Crippen LogP contribution < -0.4 is 18.9 Å². The van der Waals surface area contributed by atoms with Crippen LogP contribution in [0.25, 0.3) is 0 Å². The Bertz CT molecular complexity index is 651. The fourth-order valence-corrected chi connectivity index (χ4v) is 3.49. The summed E-state index contributed by atoms with van der Waals surface area (Å²) in [5.41, 5.74) is 0.471. The lowest BCUT2D eigenvalue weighted by Crippen LogP contribution is -2.31.